The normalized spacial score (nSPS) is 21.0. The summed E-state index contributed by atoms with van der Waals surface area (Å²) in [5.74, 6) is -2.74. The molecule has 2 heterocycles. The van der Waals surface area contributed by atoms with Gasteiger partial charge in [-0.2, -0.15) is 0 Å². The van der Waals surface area contributed by atoms with Gasteiger partial charge in [-0.1, -0.05) is 0 Å². The molecule has 224 valence electrons. The van der Waals surface area contributed by atoms with Crippen molar-refractivity contribution in [3.05, 3.63) is 74.9 Å². The Labute approximate surface area is 243 Å². The lowest BCUT2D eigenvalue weighted by Crippen LogP contribution is -2.32. The van der Waals surface area contributed by atoms with E-state index in [2.05, 4.69) is 0 Å². The van der Waals surface area contributed by atoms with Crippen LogP contribution in [0.15, 0.2) is 47.3 Å². The standard InChI is InChI=1S/C31H28O12/c1-40-25-10-17-19(34)5-13(32)7-23(17)42-30(25)12-3-15-16(9-22(37)29(39)27(15)28(38)21(36)4-12)31-26(41-2)11-18-20(35)6-14(33)8-24(18)43-31/h3-9,25-26,30-35,37,39H,10-11H2,1-2H3,(H,36,38). The molecule has 7 N–H and O–H groups in total. The Bertz CT molecular complexity index is 1840. The maximum absolute atomic E-state index is 13.5. The van der Waals surface area contributed by atoms with Gasteiger partial charge in [0.25, 0.3) is 0 Å². The van der Waals surface area contributed by atoms with E-state index in [4.69, 9.17) is 18.9 Å². The van der Waals surface area contributed by atoms with Crippen LogP contribution in [0.5, 0.6) is 51.7 Å². The zero-order chi connectivity index (χ0) is 30.7. The number of rotatable bonds is 4. The fourth-order valence-electron chi connectivity index (χ4n) is 5.89. The summed E-state index contributed by atoms with van der Waals surface area (Å²) in [7, 11) is 2.85. The van der Waals surface area contributed by atoms with E-state index in [1.54, 1.807) is 0 Å². The van der Waals surface area contributed by atoms with E-state index in [-0.39, 0.29) is 63.9 Å². The highest BCUT2D eigenvalue weighted by Gasteiger charge is 2.37. The molecule has 0 spiro atoms. The summed E-state index contributed by atoms with van der Waals surface area (Å²) < 4.78 is 23.7. The number of phenols is 6. The van der Waals surface area contributed by atoms with Crippen LogP contribution in [-0.4, -0.2) is 62.2 Å². The van der Waals surface area contributed by atoms with Gasteiger partial charge < -0.3 is 54.7 Å². The second kappa shape index (κ2) is 10.3. The van der Waals surface area contributed by atoms with E-state index in [1.807, 2.05) is 0 Å². The molecule has 2 aliphatic heterocycles. The zero-order valence-corrected chi connectivity index (χ0v) is 22.9. The Balaban J connectivity index is 1.58. The first-order valence-corrected chi connectivity index (χ1v) is 13.2. The summed E-state index contributed by atoms with van der Waals surface area (Å²) in [5.41, 5.74) is 0.214. The summed E-state index contributed by atoms with van der Waals surface area (Å²) in [6.07, 6.45) is -3.19. The van der Waals surface area contributed by atoms with Gasteiger partial charge in [0, 0.05) is 68.0 Å². The van der Waals surface area contributed by atoms with Crippen LogP contribution in [0.1, 0.15) is 34.5 Å². The molecule has 6 rings (SSSR count). The SMILES string of the molecule is COC1Cc2c(O)cc(O)cc2OC1c1cc(O)c(=O)c2c(O)c(O)cc(C3Oc4cc(O)cc(O)c4CC3OC)c2c1. The first-order chi connectivity index (χ1) is 20.5. The molecule has 0 bridgehead atoms. The molecule has 0 fully saturated rings. The Morgan fingerprint density at radius 2 is 1.19 bits per heavy atom. The molecule has 4 aromatic carbocycles. The highest BCUT2D eigenvalue weighted by molar-refractivity contribution is 5.94. The molecule has 4 atom stereocenters. The van der Waals surface area contributed by atoms with Gasteiger partial charge in [0.05, 0.1) is 5.39 Å². The largest absolute Gasteiger partial charge is 0.508 e. The van der Waals surface area contributed by atoms with Gasteiger partial charge >= 0.3 is 0 Å². The lowest BCUT2D eigenvalue weighted by atomic mass is 9.90. The van der Waals surface area contributed by atoms with E-state index in [0.717, 1.165) is 6.07 Å². The van der Waals surface area contributed by atoms with Gasteiger partial charge in [0.2, 0.25) is 5.43 Å². The smallest absolute Gasteiger partial charge is 0.231 e. The number of fused-ring (bicyclic) bond motifs is 3. The van der Waals surface area contributed by atoms with Crippen molar-refractivity contribution in [1.82, 2.24) is 0 Å². The van der Waals surface area contributed by atoms with Crippen molar-refractivity contribution in [2.24, 2.45) is 0 Å². The van der Waals surface area contributed by atoms with Gasteiger partial charge in [-0.25, -0.2) is 0 Å². The highest BCUT2D eigenvalue weighted by Crippen LogP contribution is 2.48. The van der Waals surface area contributed by atoms with Crippen molar-refractivity contribution in [1.29, 1.82) is 0 Å². The molecule has 0 aromatic heterocycles. The summed E-state index contributed by atoms with van der Waals surface area (Å²) in [6.45, 7) is 0. The fourth-order valence-corrected chi connectivity index (χ4v) is 5.89. The van der Waals surface area contributed by atoms with E-state index in [1.165, 1.54) is 50.6 Å². The fraction of sp³-hybridized carbons (Fsp3) is 0.258. The number of hydrogen-bond donors (Lipinski definition) is 7. The van der Waals surface area contributed by atoms with Crippen LogP contribution >= 0.6 is 0 Å². The third-order valence-electron chi connectivity index (χ3n) is 8.00. The summed E-state index contributed by atoms with van der Waals surface area (Å²) in [4.78, 5) is 13.5. The second-order valence-corrected chi connectivity index (χ2v) is 10.5. The van der Waals surface area contributed by atoms with Gasteiger partial charge in [0.15, 0.2) is 29.5 Å². The maximum atomic E-state index is 13.5. The molecule has 2 aliphatic rings. The average molecular weight is 593 g/mol. The van der Waals surface area contributed by atoms with Crippen molar-refractivity contribution < 1.29 is 54.7 Å². The van der Waals surface area contributed by atoms with Gasteiger partial charge in [-0.3, -0.25) is 4.79 Å². The van der Waals surface area contributed by atoms with Crippen LogP contribution in [0, 0.1) is 0 Å². The van der Waals surface area contributed by atoms with E-state index in [9.17, 15) is 40.5 Å². The summed E-state index contributed by atoms with van der Waals surface area (Å²) in [6, 6.07) is 8.84. The predicted molar refractivity (Wildman–Crippen MR) is 150 cm³/mol. The molecule has 0 radical (unpaired) electrons. The molecule has 0 amide bonds. The first kappa shape index (κ1) is 28.1. The first-order valence-electron chi connectivity index (χ1n) is 13.2. The topological polar surface area (TPSA) is 196 Å². The number of benzene rings is 3. The lowest BCUT2D eigenvalue weighted by molar-refractivity contribution is -0.0124. The van der Waals surface area contributed by atoms with Crippen LogP contribution in [0.2, 0.25) is 0 Å². The van der Waals surface area contributed by atoms with Gasteiger partial charge in [-0.05, 0) is 29.1 Å². The number of ether oxygens (including phenoxy) is 4. The molecule has 4 aromatic rings. The Morgan fingerprint density at radius 3 is 1.74 bits per heavy atom. The molecular weight excluding hydrogens is 564 g/mol. The predicted octanol–water partition coefficient (Wildman–Crippen LogP) is 3.52. The number of aromatic hydroxyl groups is 7. The third kappa shape index (κ3) is 4.60. The Hall–Kier alpha value is -5.07. The monoisotopic (exact) mass is 592 g/mol. The van der Waals surface area contributed by atoms with E-state index < -0.39 is 52.5 Å². The van der Waals surface area contributed by atoms with Crippen LogP contribution in [0.25, 0.3) is 10.8 Å². The maximum Gasteiger partial charge on any atom is 0.231 e. The minimum Gasteiger partial charge on any atom is -0.508 e. The van der Waals surface area contributed by atoms with Crippen molar-refractivity contribution in [3.8, 4) is 51.7 Å². The number of hydrogen-bond acceptors (Lipinski definition) is 12. The lowest BCUT2D eigenvalue weighted by Gasteiger charge is -2.34. The third-order valence-corrected chi connectivity index (χ3v) is 8.00. The van der Waals surface area contributed by atoms with E-state index >= 15 is 0 Å². The molecular formula is C31H28O12. The molecule has 0 aliphatic carbocycles. The molecule has 12 nitrogen and oxygen atoms in total. The summed E-state index contributed by atoms with van der Waals surface area (Å²) in [5, 5.41) is 72.9. The van der Waals surface area contributed by atoms with Crippen molar-refractivity contribution in [2.75, 3.05) is 14.2 Å². The van der Waals surface area contributed by atoms with Crippen molar-refractivity contribution in [2.45, 2.75) is 37.3 Å². The van der Waals surface area contributed by atoms with Gasteiger partial charge in [0.1, 0.15) is 46.7 Å². The van der Waals surface area contributed by atoms with Crippen LogP contribution in [0.3, 0.4) is 0 Å². The quantitative estimate of drug-likeness (QED) is 0.171. The minimum atomic E-state index is -1.02. The van der Waals surface area contributed by atoms with E-state index in [0.29, 0.717) is 11.1 Å². The van der Waals surface area contributed by atoms with Crippen LogP contribution < -0.4 is 14.9 Å². The molecule has 0 saturated heterocycles. The summed E-state index contributed by atoms with van der Waals surface area (Å²) >= 11 is 0. The van der Waals surface area contributed by atoms with Crippen LogP contribution in [-0.2, 0) is 22.3 Å². The second-order valence-electron chi connectivity index (χ2n) is 10.5. The van der Waals surface area contributed by atoms with Crippen molar-refractivity contribution >= 4 is 10.8 Å². The number of phenolic OH excluding ortho intramolecular Hbond substituents is 6. The molecule has 4 unspecified atom stereocenters. The van der Waals surface area contributed by atoms with Crippen molar-refractivity contribution in [3.63, 3.8) is 0 Å². The Morgan fingerprint density at radius 1 is 0.651 bits per heavy atom. The minimum absolute atomic E-state index is 0.0819. The van der Waals surface area contributed by atoms with Crippen LogP contribution in [0.4, 0.5) is 0 Å². The molecule has 0 saturated carbocycles. The van der Waals surface area contributed by atoms with Gasteiger partial charge in [-0.15, -0.1) is 0 Å². The zero-order valence-electron chi connectivity index (χ0n) is 22.9. The Kier molecular flexibility index (Phi) is 6.74. The average Bonchev–Trinajstić information content (AvgIpc) is 3.09. The molecule has 43 heavy (non-hydrogen) atoms. The molecule has 12 heteroatoms. The number of methoxy groups -OCH3 is 2. The highest BCUT2D eigenvalue weighted by atomic mass is 16.5.